The van der Waals surface area contributed by atoms with Crippen LogP contribution in [0.3, 0.4) is 0 Å². The van der Waals surface area contributed by atoms with Crippen LogP contribution in [-0.4, -0.2) is 20.0 Å². The maximum absolute atomic E-state index is 12.7. The maximum Gasteiger partial charge on any atom is 0.194 e. The number of hydrogen-bond donors (Lipinski definition) is 0. The third-order valence-electron chi connectivity index (χ3n) is 5.45. The van der Waals surface area contributed by atoms with Crippen molar-refractivity contribution in [2.75, 3.05) is 5.75 Å². The average Bonchev–Trinajstić information content (AvgIpc) is 2.79. The Kier molecular flexibility index (Phi) is 8.56. The number of sulfone groups is 1. The van der Waals surface area contributed by atoms with Gasteiger partial charge in [0.05, 0.1) is 27.3 Å². The van der Waals surface area contributed by atoms with Gasteiger partial charge in [0.15, 0.2) is 15.5 Å². The molecular weight excluding hydrogens is 501 g/mol. The van der Waals surface area contributed by atoms with Crippen LogP contribution in [0.5, 0.6) is 0 Å². The van der Waals surface area contributed by atoms with E-state index in [0.29, 0.717) is 26.9 Å². The zero-order chi connectivity index (χ0) is 25.8. The molecular formula is C28H25Cl2NO3S. The molecule has 0 spiro atoms. The number of hydrogen-bond acceptors (Lipinski definition) is 3. The number of rotatable bonds is 8. The fraction of sp³-hybridized carbons (Fsp3) is 0.214. The first-order valence-electron chi connectivity index (χ1n) is 11.0. The van der Waals surface area contributed by atoms with Crippen molar-refractivity contribution in [3.8, 4) is 11.1 Å². The van der Waals surface area contributed by atoms with E-state index in [1.54, 1.807) is 37.3 Å². The van der Waals surface area contributed by atoms with E-state index in [1.807, 2.05) is 32.1 Å². The van der Waals surface area contributed by atoms with Crippen molar-refractivity contribution in [3.05, 3.63) is 98.3 Å². The Hall–Kier alpha value is -2.91. The summed E-state index contributed by atoms with van der Waals surface area (Å²) >= 11 is 13.1. The second kappa shape index (κ2) is 11.2. The van der Waals surface area contributed by atoms with Gasteiger partial charge in [0.25, 0.3) is 0 Å². The van der Waals surface area contributed by atoms with Crippen LogP contribution in [0.25, 0.3) is 22.0 Å². The minimum Gasteiger partial charge on any atom is -0.299 e. The Morgan fingerprint density at radius 1 is 0.943 bits per heavy atom. The second-order valence-corrected chi connectivity index (χ2v) is 11.6. The van der Waals surface area contributed by atoms with E-state index in [2.05, 4.69) is 4.85 Å². The smallest absolute Gasteiger partial charge is 0.194 e. The first-order chi connectivity index (χ1) is 16.5. The summed E-state index contributed by atoms with van der Waals surface area (Å²) in [6, 6.07) is 15.4. The monoisotopic (exact) mass is 525 g/mol. The summed E-state index contributed by atoms with van der Waals surface area (Å²) in [7, 11) is -3.27. The average molecular weight is 526 g/mol. The molecule has 0 heterocycles. The van der Waals surface area contributed by atoms with Gasteiger partial charge in [-0.05, 0) is 66.4 Å². The molecule has 0 N–H and O–H groups in total. The molecule has 0 aliphatic rings. The molecule has 0 fully saturated rings. The molecule has 7 heteroatoms. The number of ketones is 1. The van der Waals surface area contributed by atoms with Gasteiger partial charge in [-0.1, -0.05) is 66.0 Å². The second-order valence-electron chi connectivity index (χ2n) is 8.48. The van der Waals surface area contributed by atoms with Gasteiger partial charge in [0.2, 0.25) is 0 Å². The predicted octanol–water partition coefficient (Wildman–Crippen LogP) is 7.78. The molecule has 0 bridgehead atoms. The third kappa shape index (κ3) is 6.61. The third-order valence-corrected chi connectivity index (χ3v) is 7.80. The highest BCUT2D eigenvalue weighted by atomic mass is 35.5. The Balaban J connectivity index is 1.80. The van der Waals surface area contributed by atoms with E-state index >= 15 is 0 Å². The Morgan fingerprint density at radius 3 is 2.09 bits per heavy atom. The lowest BCUT2D eigenvalue weighted by Crippen LogP contribution is -2.08. The van der Waals surface area contributed by atoms with E-state index in [4.69, 9.17) is 29.8 Å². The van der Waals surface area contributed by atoms with Crippen LogP contribution < -0.4 is 0 Å². The number of allylic oxidation sites excluding steroid dienone is 1. The summed E-state index contributed by atoms with van der Waals surface area (Å²) in [5, 5.41) is 0.806. The molecule has 0 aromatic heterocycles. The highest BCUT2D eigenvalue weighted by Crippen LogP contribution is 2.38. The van der Waals surface area contributed by atoms with E-state index in [9.17, 15) is 13.2 Å². The van der Waals surface area contributed by atoms with Crippen LogP contribution >= 0.6 is 23.2 Å². The topological polar surface area (TPSA) is 55.6 Å². The van der Waals surface area contributed by atoms with Crippen molar-refractivity contribution in [2.24, 2.45) is 0 Å². The molecule has 4 nitrogen and oxygen atoms in total. The number of nitrogens with zero attached hydrogens (tertiary/aromatic N) is 1. The fourth-order valence-corrected chi connectivity index (χ4v) is 5.37. The van der Waals surface area contributed by atoms with Crippen LogP contribution in [0.1, 0.15) is 37.5 Å². The number of Topliss-reactive ketones (excluding diaryl/α,β-unsaturated/α-hetero) is 1. The number of halogens is 2. The molecule has 0 atom stereocenters. The van der Waals surface area contributed by atoms with Gasteiger partial charge in [-0.15, -0.1) is 0 Å². The minimum atomic E-state index is -3.27. The van der Waals surface area contributed by atoms with E-state index in [0.717, 1.165) is 22.3 Å². The highest BCUT2D eigenvalue weighted by molar-refractivity contribution is 7.91. The highest BCUT2D eigenvalue weighted by Gasteiger charge is 2.15. The standard InChI is InChI=1S/C28H25Cl2NO3S/c1-5-35(33,34)24-10-6-19(7-11-24)13-23(32)14-20-15-25(29)28(26(30)16-20)22-9-8-21(12-18(2)3)27(17-22)31-4/h6-12,15-17H,5,13-14H2,1-3H3. The van der Waals surface area contributed by atoms with Gasteiger partial charge in [0.1, 0.15) is 5.78 Å². The van der Waals surface area contributed by atoms with Gasteiger partial charge in [-0.3, -0.25) is 4.79 Å². The first-order valence-corrected chi connectivity index (χ1v) is 13.4. The predicted molar refractivity (Wildman–Crippen MR) is 144 cm³/mol. The van der Waals surface area contributed by atoms with Crippen molar-refractivity contribution in [1.29, 1.82) is 0 Å². The lowest BCUT2D eigenvalue weighted by Gasteiger charge is -2.12. The zero-order valence-electron chi connectivity index (χ0n) is 19.7. The first kappa shape index (κ1) is 26.7. The molecule has 0 aliphatic carbocycles. The molecule has 0 amide bonds. The van der Waals surface area contributed by atoms with Crippen LogP contribution in [0.15, 0.2) is 65.1 Å². The van der Waals surface area contributed by atoms with Crippen LogP contribution in [0, 0.1) is 6.57 Å². The summed E-state index contributed by atoms with van der Waals surface area (Å²) in [6.07, 6.45) is 2.26. The van der Waals surface area contributed by atoms with Crippen molar-refractivity contribution in [3.63, 3.8) is 0 Å². The zero-order valence-corrected chi connectivity index (χ0v) is 22.1. The molecule has 3 aromatic carbocycles. The molecule has 0 saturated carbocycles. The molecule has 3 aromatic rings. The maximum atomic E-state index is 12.7. The van der Waals surface area contributed by atoms with Gasteiger partial charge in [0, 0.05) is 18.4 Å². The minimum absolute atomic E-state index is 0.0294. The molecule has 0 saturated heterocycles. The Labute approximate surface area is 217 Å². The largest absolute Gasteiger partial charge is 0.299 e. The summed E-state index contributed by atoms with van der Waals surface area (Å²) in [4.78, 5) is 16.5. The molecule has 0 radical (unpaired) electrons. The van der Waals surface area contributed by atoms with Crippen molar-refractivity contribution >= 4 is 50.6 Å². The summed E-state index contributed by atoms with van der Waals surface area (Å²) in [6.45, 7) is 13.1. The summed E-state index contributed by atoms with van der Waals surface area (Å²) in [5.41, 5.74) is 5.20. The Morgan fingerprint density at radius 2 is 1.54 bits per heavy atom. The number of carbonyl (C=O) groups is 1. The van der Waals surface area contributed by atoms with E-state index < -0.39 is 9.84 Å². The molecule has 180 valence electrons. The number of benzene rings is 3. The molecule has 35 heavy (non-hydrogen) atoms. The SMILES string of the molecule is [C-]#[N+]c1cc(-c2c(Cl)cc(CC(=O)Cc3ccc(S(=O)(=O)CC)cc3)cc2Cl)ccc1C=C(C)C. The Bertz CT molecular complexity index is 1420. The van der Waals surface area contributed by atoms with Gasteiger partial charge >= 0.3 is 0 Å². The quantitative estimate of drug-likeness (QED) is 0.282. The lowest BCUT2D eigenvalue weighted by molar-refractivity contribution is -0.117. The molecule has 0 unspecified atom stereocenters. The van der Waals surface area contributed by atoms with E-state index in [-0.39, 0.29) is 29.3 Å². The van der Waals surface area contributed by atoms with Gasteiger partial charge < -0.3 is 0 Å². The van der Waals surface area contributed by atoms with Gasteiger partial charge in [-0.2, -0.15) is 0 Å². The van der Waals surface area contributed by atoms with Gasteiger partial charge in [-0.25, -0.2) is 13.3 Å². The van der Waals surface area contributed by atoms with Crippen LogP contribution in [0.2, 0.25) is 10.0 Å². The normalized spacial score (nSPS) is 11.1. The van der Waals surface area contributed by atoms with Crippen molar-refractivity contribution in [1.82, 2.24) is 0 Å². The van der Waals surface area contributed by atoms with Crippen molar-refractivity contribution < 1.29 is 13.2 Å². The fourth-order valence-electron chi connectivity index (χ4n) is 3.73. The lowest BCUT2D eigenvalue weighted by atomic mass is 9.98. The number of carbonyl (C=O) groups excluding carboxylic acids is 1. The molecule has 3 rings (SSSR count). The van der Waals surface area contributed by atoms with E-state index in [1.165, 1.54) is 12.1 Å². The van der Waals surface area contributed by atoms with Crippen LogP contribution in [-0.2, 0) is 27.5 Å². The summed E-state index contributed by atoms with van der Waals surface area (Å²) < 4.78 is 23.9. The van der Waals surface area contributed by atoms with Crippen molar-refractivity contribution in [2.45, 2.75) is 38.5 Å². The van der Waals surface area contributed by atoms with Crippen LogP contribution in [0.4, 0.5) is 5.69 Å². The molecule has 0 aliphatic heterocycles. The summed E-state index contributed by atoms with van der Waals surface area (Å²) in [5.74, 6) is -0.0148.